The van der Waals surface area contributed by atoms with Crippen molar-refractivity contribution in [3.8, 4) is 5.75 Å². The van der Waals surface area contributed by atoms with Crippen LogP contribution in [0.1, 0.15) is 18.9 Å². The molecule has 1 aromatic carbocycles. The van der Waals surface area contributed by atoms with Gasteiger partial charge in [0.25, 0.3) is 0 Å². The molecule has 0 saturated carbocycles. The average Bonchev–Trinajstić information content (AvgIpc) is 2.38. The zero-order chi connectivity index (χ0) is 14.1. The highest BCUT2D eigenvalue weighted by atomic mass is 35.5. The first-order valence-electron chi connectivity index (χ1n) is 6.05. The van der Waals surface area contributed by atoms with Crippen molar-refractivity contribution in [2.24, 2.45) is 0 Å². The first kappa shape index (κ1) is 15.9. The van der Waals surface area contributed by atoms with Crippen molar-refractivity contribution < 1.29 is 14.6 Å². The van der Waals surface area contributed by atoms with Crippen molar-refractivity contribution in [1.29, 1.82) is 0 Å². The Bertz CT molecular complexity index is 446. The lowest BCUT2D eigenvalue weighted by Crippen LogP contribution is -2.01. The van der Waals surface area contributed by atoms with Crippen LogP contribution in [0.5, 0.6) is 5.75 Å². The van der Waals surface area contributed by atoms with Crippen LogP contribution in [0.15, 0.2) is 24.3 Å². The van der Waals surface area contributed by atoms with E-state index in [-0.39, 0.29) is 0 Å². The molecule has 0 spiro atoms. The molecule has 0 aromatic heterocycles. The maximum absolute atomic E-state index is 10.5. The van der Waals surface area contributed by atoms with Crippen molar-refractivity contribution >= 4 is 35.4 Å². The summed E-state index contributed by atoms with van der Waals surface area (Å²) in [6.45, 7) is 2.69. The van der Waals surface area contributed by atoms with Crippen molar-refractivity contribution in [1.82, 2.24) is 0 Å². The third-order valence-corrected chi connectivity index (χ3v) is 3.57. The zero-order valence-corrected chi connectivity index (χ0v) is 12.3. The number of rotatable bonds is 8. The normalized spacial score (nSPS) is 10.8. The Labute approximate surface area is 122 Å². The third-order valence-electron chi connectivity index (χ3n) is 2.29. The van der Waals surface area contributed by atoms with Crippen molar-refractivity contribution in [2.45, 2.75) is 13.3 Å². The summed E-state index contributed by atoms with van der Waals surface area (Å²) in [5.41, 5.74) is 0.679. The van der Waals surface area contributed by atoms with Crippen molar-refractivity contribution in [2.75, 3.05) is 18.1 Å². The number of hydrogen-bond acceptors (Lipinski definition) is 3. The van der Waals surface area contributed by atoms with Gasteiger partial charge in [-0.15, -0.1) is 0 Å². The number of carboxylic acid groups (broad SMARTS) is 1. The summed E-state index contributed by atoms with van der Waals surface area (Å²) < 4.78 is 5.66. The van der Waals surface area contributed by atoms with Gasteiger partial charge in [-0.05, 0) is 30.1 Å². The van der Waals surface area contributed by atoms with Gasteiger partial charge in [-0.3, -0.25) is 0 Å². The van der Waals surface area contributed by atoms with E-state index in [2.05, 4.69) is 6.92 Å². The molecule has 3 nitrogen and oxygen atoms in total. The Balaban J connectivity index is 2.66. The van der Waals surface area contributed by atoms with Gasteiger partial charge in [0.15, 0.2) is 0 Å². The van der Waals surface area contributed by atoms with Crippen LogP contribution < -0.4 is 4.74 Å². The predicted molar refractivity (Wildman–Crippen MR) is 81.2 cm³/mol. The van der Waals surface area contributed by atoms with Gasteiger partial charge in [0.1, 0.15) is 5.75 Å². The standard InChI is InChI=1S/C14H17ClO3S/c1-2-19-10-4-9-18-14-11(7-8-13(16)17)5-3-6-12(14)15/h3,5-8H,2,4,9-10H2,1H3,(H,16,17)/b8-7+. The van der Waals surface area contributed by atoms with E-state index in [9.17, 15) is 4.79 Å². The van der Waals surface area contributed by atoms with E-state index in [4.69, 9.17) is 21.4 Å². The summed E-state index contributed by atoms with van der Waals surface area (Å²) in [5, 5.41) is 9.14. The molecule has 0 aliphatic rings. The molecular formula is C14H17ClO3S. The van der Waals surface area contributed by atoms with Crippen LogP contribution in [-0.4, -0.2) is 29.2 Å². The van der Waals surface area contributed by atoms with Gasteiger partial charge < -0.3 is 9.84 Å². The van der Waals surface area contributed by atoms with Crippen LogP contribution in [0.3, 0.4) is 0 Å². The molecule has 0 aliphatic heterocycles. The number of ether oxygens (including phenoxy) is 1. The second-order valence-corrected chi connectivity index (χ2v) is 5.53. The lowest BCUT2D eigenvalue weighted by molar-refractivity contribution is -0.131. The topological polar surface area (TPSA) is 46.5 Å². The summed E-state index contributed by atoms with van der Waals surface area (Å²) in [6.07, 6.45) is 3.50. The fourth-order valence-corrected chi connectivity index (χ4v) is 2.30. The maximum atomic E-state index is 10.5. The van der Waals surface area contributed by atoms with Crippen molar-refractivity contribution in [3.63, 3.8) is 0 Å². The second kappa shape index (κ2) is 8.88. The van der Waals surface area contributed by atoms with E-state index in [0.717, 1.165) is 24.0 Å². The number of carbonyl (C=O) groups is 1. The minimum absolute atomic E-state index is 0.496. The maximum Gasteiger partial charge on any atom is 0.328 e. The molecule has 0 heterocycles. The molecule has 1 N–H and O–H groups in total. The fraction of sp³-hybridized carbons (Fsp3) is 0.357. The fourth-order valence-electron chi connectivity index (χ4n) is 1.45. The lowest BCUT2D eigenvalue weighted by Gasteiger charge is -2.10. The number of carboxylic acids is 1. The molecule has 0 radical (unpaired) electrons. The summed E-state index contributed by atoms with van der Waals surface area (Å²) >= 11 is 7.93. The first-order chi connectivity index (χ1) is 9.15. The summed E-state index contributed by atoms with van der Waals surface area (Å²) in [5.74, 6) is 1.69. The van der Waals surface area contributed by atoms with Crippen LogP contribution in [0.25, 0.3) is 6.08 Å². The molecule has 0 amide bonds. The number of halogens is 1. The monoisotopic (exact) mass is 300 g/mol. The number of para-hydroxylation sites is 1. The minimum atomic E-state index is -0.995. The molecule has 0 aliphatic carbocycles. The number of thioether (sulfide) groups is 1. The van der Waals surface area contributed by atoms with E-state index in [0.29, 0.717) is 22.9 Å². The molecule has 0 fully saturated rings. The molecule has 0 unspecified atom stereocenters. The van der Waals surface area contributed by atoms with Crippen LogP contribution in [0.2, 0.25) is 5.02 Å². The van der Waals surface area contributed by atoms with E-state index in [1.807, 2.05) is 11.8 Å². The summed E-state index contributed by atoms with van der Waals surface area (Å²) in [4.78, 5) is 10.5. The molecule has 0 atom stereocenters. The Hall–Kier alpha value is -1.13. The van der Waals surface area contributed by atoms with Gasteiger partial charge in [0.05, 0.1) is 11.6 Å². The quantitative estimate of drug-likeness (QED) is 0.583. The number of hydrogen-bond donors (Lipinski definition) is 1. The van der Waals surface area contributed by atoms with Crippen LogP contribution in [0.4, 0.5) is 0 Å². The zero-order valence-electron chi connectivity index (χ0n) is 10.8. The largest absolute Gasteiger partial charge is 0.491 e. The number of aliphatic carboxylic acids is 1. The predicted octanol–water partition coefficient (Wildman–Crippen LogP) is 3.96. The lowest BCUT2D eigenvalue weighted by atomic mass is 10.2. The molecular weight excluding hydrogens is 284 g/mol. The molecule has 0 saturated heterocycles. The molecule has 5 heteroatoms. The molecule has 1 aromatic rings. The van der Waals surface area contributed by atoms with Crippen molar-refractivity contribution in [3.05, 3.63) is 34.9 Å². The Kier molecular flexibility index (Phi) is 7.45. The van der Waals surface area contributed by atoms with E-state index < -0.39 is 5.97 Å². The number of benzene rings is 1. The molecule has 19 heavy (non-hydrogen) atoms. The Morgan fingerprint density at radius 2 is 2.32 bits per heavy atom. The highest BCUT2D eigenvalue weighted by molar-refractivity contribution is 7.99. The SMILES string of the molecule is CCSCCCOc1c(Cl)cccc1/C=C/C(=O)O. The van der Waals surface area contributed by atoms with Crippen LogP contribution in [-0.2, 0) is 4.79 Å². The smallest absolute Gasteiger partial charge is 0.328 e. The van der Waals surface area contributed by atoms with Gasteiger partial charge in [-0.2, -0.15) is 11.8 Å². The molecule has 1 rings (SSSR count). The first-order valence-corrected chi connectivity index (χ1v) is 7.58. The summed E-state index contributed by atoms with van der Waals surface area (Å²) in [6, 6.07) is 5.28. The van der Waals surface area contributed by atoms with Gasteiger partial charge in [0, 0.05) is 11.6 Å². The van der Waals surface area contributed by atoms with Gasteiger partial charge >= 0.3 is 5.97 Å². The van der Waals surface area contributed by atoms with Crippen LogP contribution in [0, 0.1) is 0 Å². The average molecular weight is 301 g/mol. The van der Waals surface area contributed by atoms with E-state index >= 15 is 0 Å². The van der Waals surface area contributed by atoms with E-state index in [1.54, 1.807) is 18.2 Å². The Morgan fingerprint density at radius 3 is 3.00 bits per heavy atom. The molecule has 0 bridgehead atoms. The Morgan fingerprint density at radius 1 is 1.53 bits per heavy atom. The highest BCUT2D eigenvalue weighted by Gasteiger charge is 2.06. The third kappa shape index (κ3) is 6.03. The van der Waals surface area contributed by atoms with E-state index in [1.165, 1.54) is 6.08 Å². The minimum Gasteiger partial charge on any atom is -0.491 e. The van der Waals surface area contributed by atoms with Gasteiger partial charge in [-0.1, -0.05) is 30.7 Å². The van der Waals surface area contributed by atoms with Gasteiger partial charge in [-0.25, -0.2) is 4.79 Å². The second-order valence-electron chi connectivity index (χ2n) is 3.73. The van der Waals surface area contributed by atoms with Gasteiger partial charge in [0.2, 0.25) is 0 Å². The summed E-state index contributed by atoms with van der Waals surface area (Å²) in [7, 11) is 0. The molecule has 104 valence electrons. The van der Waals surface area contributed by atoms with Crippen LogP contribution >= 0.6 is 23.4 Å². The highest BCUT2D eigenvalue weighted by Crippen LogP contribution is 2.29.